The van der Waals surface area contributed by atoms with Gasteiger partial charge in [-0.1, -0.05) is 18.5 Å². The van der Waals surface area contributed by atoms with Gasteiger partial charge in [-0.3, -0.25) is 4.68 Å². The zero-order valence-electron chi connectivity index (χ0n) is 12.1. The topological polar surface area (TPSA) is 43.0 Å². The number of nitrogens with one attached hydrogen (secondary N) is 1. The molecule has 0 radical (unpaired) electrons. The van der Waals surface area contributed by atoms with Crippen LogP contribution in [0.1, 0.15) is 30.7 Å². The normalized spacial score (nSPS) is 12.9. The summed E-state index contributed by atoms with van der Waals surface area (Å²) in [5, 5.41) is 9.50. The number of aromatic nitrogens is 2. The van der Waals surface area contributed by atoms with E-state index in [2.05, 4.69) is 17.3 Å². The summed E-state index contributed by atoms with van der Waals surface area (Å²) in [5.74, 6) is 0.883. The Morgan fingerprint density at radius 2 is 2.24 bits per heavy atom. The van der Waals surface area contributed by atoms with Crippen LogP contribution in [0.4, 0.5) is 0 Å². The number of furan rings is 1. The molecule has 0 bridgehead atoms. The van der Waals surface area contributed by atoms with Crippen molar-refractivity contribution >= 4 is 22.6 Å². The molecule has 5 heteroatoms. The van der Waals surface area contributed by atoms with Gasteiger partial charge < -0.3 is 9.73 Å². The van der Waals surface area contributed by atoms with Crippen molar-refractivity contribution in [1.82, 2.24) is 15.1 Å². The summed E-state index contributed by atoms with van der Waals surface area (Å²) < 4.78 is 7.79. The fraction of sp³-hybridized carbons (Fsp3) is 0.312. The Morgan fingerprint density at radius 1 is 1.38 bits per heavy atom. The SMILES string of the molecule is CCCNC(c1cnn(C)c1)c1cc2cc(Cl)ccc2o1. The van der Waals surface area contributed by atoms with Crippen LogP contribution in [-0.2, 0) is 7.05 Å². The average Bonchev–Trinajstić information content (AvgIpc) is 3.05. The first-order valence-electron chi connectivity index (χ1n) is 7.08. The van der Waals surface area contributed by atoms with Crippen molar-refractivity contribution in [3.8, 4) is 0 Å². The summed E-state index contributed by atoms with van der Waals surface area (Å²) in [5.41, 5.74) is 1.94. The van der Waals surface area contributed by atoms with Gasteiger partial charge in [0.25, 0.3) is 0 Å². The molecule has 1 atom stereocenters. The van der Waals surface area contributed by atoms with Gasteiger partial charge in [-0.2, -0.15) is 5.10 Å². The minimum absolute atomic E-state index is 0.00447. The number of halogens is 1. The van der Waals surface area contributed by atoms with Crippen molar-refractivity contribution in [1.29, 1.82) is 0 Å². The molecular weight excluding hydrogens is 286 g/mol. The van der Waals surface area contributed by atoms with Crippen LogP contribution in [-0.4, -0.2) is 16.3 Å². The number of nitrogens with zero attached hydrogens (tertiary/aromatic N) is 2. The van der Waals surface area contributed by atoms with Crippen molar-refractivity contribution in [2.24, 2.45) is 7.05 Å². The molecule has 3 rings (SSSR count). The largest absolute Gasteiger partial charge is 0.459 e. The Hall–Kier alpha value is -1.78. The molecule has 2 heterocycles. The molecular formula is C16H18ClN3O. The van der Waals surface area contributed by atoms with Gasteiger partial charge in [0.15, 0.2) is 0 Å². The molecule has 0 aliphatic rings. The van der Waals surface area contributed by atoms with E-state index in [-0.39, 0.29) is 6.04 Å². The molecule has 21 heavy (non-hydrogen) atoms. The van der Waals surface area contributed by atoms with E-state index >= 15 is 0 Å². The highest BCUT2D eigenvalue weighted by Crippen LogP contribution is 2.29. The number of fused-ring (bicyclic) bond motifs is 1. The van der Waals surface area contributed by atoms with E-state index < -0.39 is 0 Å². The lowest BCUT2D eigenvalue weighted by Crippen LogP contribution is -2.22. The quantitative estimate of drug-likeness (QED) is 0.777. The van der Waals surface area contributed by atoms with Crippen LogP contribution in [0, 0.1) is 0 Å². The minimum Gasteiger partial charge on any atom is -0.459 e. The van der Waals surface area contributed by atoms with Crippen molar-refractivity contribution in [2.45, 2.75) is 19.4 Å². The standard InChI is InChI=1S/C16H18ClN3O/c1-3-6-18-16(12-9-19-20(2)10-12)15-8-11-7-13(17)4-5-14(11)21-15/h4-5,7-10,16,18H,3,6H2,1-2H3. The third-order valence-corrected chi connectivity index (χ3v) is 3.67. The van der Waals surface area contributed by atoms with Crippen molar-refractivity contribution in [3.63, 3.8) is 0 Å². The van der Waals surface area contributed by atoms with Gasteiger partial charge in [0, 0.05) is 29.2 Å². The maximum atomic E-state index is 6.04. The van der Waals surface area contributed by atoms with E-state index in [1.165, 1.54) is 0 Å². The minimum atomic E-state index is 0.00447. The summed E-state index contributed by atoms with van der Waals surface area (Å²) >= 11 is 6.04. The summed E-state index contributed by atoms with van der Waals surface area (Å²) in [6.07, 6.45) is 4.93. The number of aryl methyl sites for hydroxylation is 1. The first-order valence-corrected chi connectivity index (χ1v) is 7.46. The summed E-state index contributed by atoms with van der Waals surface area (Å²) in [6, 6.07) is 7.72. The second kappa shape index (κ2) is 5.92. The molecule has 3 aromatic rings. The van der Waals surface area contributed by atoms with Crippen LogP contribution in [0.15, 0.2) is 41.1 Å². The van der Waals surface area contributed by atoms with E-state index in [1.807, 2.05) is 43.7 Å². The lowest BCUT2D eigenvalue weighted by Gasteiger charge is -2.14. The van der Waals surface area contributed by atoms with E-state index in [1.54, 1.807) is 4.68 Å². The molecule has 0 saturated heterocycles. The highest BCUT2D eigenvalue weighted by molar-refractivity contribution is 6.31. The maximum Gasteiger partial charge on any atom is 0.134 e. The Bertz CT molecular complexity index is 747. The zero-order chi connectivity index (χ0) is 14.8. The molecule has 0 aliphatic carbocycles. The zero-order valence-corrected chi connectivity index (χ0v) is 12.9. The number of rotatable bonds is 5. The monoisotopic (exact) mass is 303 g/mol. The molecule has 2 aromatic heterocycles. The van der Waals surface area contributed by atoms with Crippen LogP contribution >= 0.6 is 11.6 Å². The lowest BCUT2D eigenvalue weighted by molar-refractivity contribution is 0.469. The smallest absolute Gasteiger partial charge is 0.134 e. The van der Waals surface area contributed by atoms with Crippen molar-refractivity contribution in [2.75, 3.05) is 6.54 Å². The first-order chi connectivity index (χ1) is 10.2. The third-order valence-electron chi connectivity index (χ3n) is 3.44. The molecule has 0 amide bonds. The molecule has 1 N–H and O–H groups in total. The van der Waals surface area contributed by atoms with Crippen LogP contribution in [0.25, 0.3) is 11.0 Å². The van der Waals surface area contributed by atoms with Crippen LogP contribution in [0.3, 0.4) is 0 Å². The number of hydrogen-bond donors (Lipinski definition) is 1. The van der Waals surface area contributed by atoms with Crippen molar-refractivity contribution < 1.29 is 4.42 Å². The lowest BCUT2D eigenvalue weighted by atomic mass is 10.1. The number of benzene rings is 1. The van der Waals surface area contributed by atoms with Gasteiger partial charge in [-0.15, -0.1) is 0 Å². The highest BCUT2D eigenvalue weighted by Gasteiger charge is 2.19. The average molecular weight is 304 g/mol. The van der Waals surface area contributed by atoms with Gasteiger partial charge in [0.1, 0.15) is 11.3 Å². The van der Waals surface area contributed by atoms with Gasteiger partial charge in [-0.05, 0) is 37.2 Å². The molecule has 0 fully saturated rings. The predicted octanol–water partition coefficient (Wildman–Crippen LogP) is 3.91. The van der Waals surface area contributed by atoms with Crippen LogP contribution in [0.2, 0.25) is 5.02 Å². The second-order valence-electron chi connectivity index (χ2n) is 5.17. The fourth-order valence-electron chi connectivity index (χ4n) is 2.44. The van der Waals surface area contributed by atoms with E-state index in [0.717, 1.165) is 35.3 Å². The molecule has 0 spiro atoms. The van der Waals surface area contributed by atoms with Crippen LogP contribution < -0.4 is 5.32 Å². The van der Waals surface area contributed by atoms with Crippen molar-refractivity contribution in [3.05, 3.63) is 53.0 Å². The number of hydrogen-bond acceptors (Lipinski definition) is 3. The van der Waals surface area contributed by atoms with Gasteiger partial charge >= 0.3 is 0 Å². The van der Waals surface area contributed by atoms with E-state index in [0.29, 0.717) is 5.02 Å². The predicted molar refractivity (Wildman–Crippen MR) is 84.6 cm³/mol. The molecule has 1 unspecified atom stereocenters. The molecule has 1 aromatic carbocycles. The molecule has 110 valence electrons. The first kappa shape index (κ1) is 14.2. The van der Waals surface area contributed by atoms with Gasteiger partial charge in [-0.25, -0.2) is 0 Å². The fourth-order valence-corrected chi connectivity index (χ4v) is 2.62. The summed E-state index contributed by atoms with van der Waals surface area (Å²) in [4.78, 5) is 0. The Balaban J connectivity index is 2.00. The van der Waals surface area contributed by atoms with E-state index in [4.69, 9.17) is 16.0 Å². The maximum absolute atomic E-state index is 6.04. The van der Waals surface area contributed by atoms with Gasteiger partial charge in [0.2, 0.25) is 0 Å². The summed E-state index contributed by atoms with van der Waals surface area (Å²) in [6.45, 7) is 3.06. The summed E-state index contributed by atoms with van der Waals surface area (Å²) in [7, 11) is 1.92. The van der Waals surface area contributed by atoms with Gasteiger partial charge in [0.05, 0.1) is 12.2 Å². The Labute approximate surface area is 128 Å². The molecule has 0 saturated carbocycles. The van der Waals surface area contributed by atoms with E-state index in [9.17, 15) is 0 Å². The molecule has 0 aliphatic heterocycles. The highest BCUT2D eigenvalue weighted by atomic mass is 35.5. The Kier molecular flexibility index (Phi) is 3.99. The second-order valence-corrected chi connectivity index (χ2v) is 5.60. The third kappa shape index (κ3) is 2.96. The molecule has 4 nitrogen and oxygen atoms in total. The van der Waals surface area contributed by atoms with Crippen LogP contribution in [0.5, 0.6) is 0 Å². The Morgan fingerprint density at radius 3 is 2.95 bits per heavy atom.